The highest BCUT2D eigenvalue weighted by Crippen LogP contribution is 2.27. The second kappa shape index (κ2) is 9.35. The second-order valence-corrected chi connectivity index (χ2v) is 7.19. The standard InChI is InChI=1S/C21H32N4O2/c1-5-24-8-10-25(11-9-24)21-18(14-22-16(2)15-26-3)12-17-6-7-19(27-4)13-20(17)23-21/h6-7,12-13,16,22H,5,8-11,14-15H2,1-4H3/t16-/m0/s1. The molecule has 27 heavy (non-hydrogen) atoms. The van der Waals surface area contributed by atoms with Gasteiger partial charge in [-0.15, -0.1) is 0 Å². The molecule has 0 aliphatic carbocycles. The molecule has 1 N–H and O–H groups in total. The Morgan fingerprint density at radius 3 is 2.59 bits per heavy atom. The van der Waals surface area contributed by atoms with Gasteiger partial charge in [-0.2, -0.15) is 0 Å². The molecule has 1 fully saturated rings. The van der Waals surface area contributed by atoms with Crippen molar-refractivity contribution in [3.8, 4) is 5.75 Å². The van der Waals surface area contributed by atoms with Crippen molar-refractivity contribution in [2.24, 2.45) is 0 Å². The van der Waals surface area contributed by atoms with Crippen molar-refractivity contribution >= 4 is 16.7 Å². The maximum atomic E-state index is 5.39. The molecule has 2 heterocycles. The Morgan fingerprint density at radius 1 is 1.15 bits per heavy atom. The molecule has 1 aromatic heterocycles. The van der Waals surface area contributed by atoms with Gasteiger partial charge in [0.15, 0.2) is 0 Å². The number of hydrogen-bond donors (Lipinski definition) is 1. The van der Waals surface area contributed by atoms with E-state index in [1.54, 1.807) is 14.2 Å². The Hall–Kier alpha value is -1.89. The fraction of sp³-hybridized carbons (Fsp3) is 0.571. The van der Waals surface area contributed by atoms with E-state index in [2.05, 4.69) is 41.1 Å². The highest BCUT2D eigenvalue weighted by molar-refractivity contribution is 5.83. The summed E-state index contributed by atoms with van der Waals surface area (Å²) >= 11 is 0. The van der Waals surface area contributed by atoms with Gasteiger partial charge in [0.2, 0.25) is 0 Å². The molecule has 6 heteroatoms. The van der Waals surface area contributed by atoms with Crippen molar-refractivity contribution in [2.75, 3.05) is 58.5 Å². The number of likely N-dealkylation sites (N-methyl/N-ethyl adjacent to an activating group) is 1. The number of anilines is 1. The topological polar surface area (TPSA) is 49.9 Å². The molecule has 1 atom stereocenters. The van der Waals surface area contributed by atoms with Crippen LogP contribution in [0.3, 0.4) is 0 Å². The molecule has 148 valence electrons. The summed E-state index contributed by atoms with van der Waals surface area (Å²) in [5.41, 5.74) is 2.22. The summed E-state index contributed by atoms with van der Waals surface area (Å²) in [6, 6.07) is 8.66. The van der Waals surface area contributed by atoms with Crippen LogP contribution in [0.25, 0.3) is 10.9 Å². The zero-order chi connectivity index (χ0) is 19.2. The summed E-state index contributed by atoms with van der Waals surface area (Å²) in [5, 5.41) is 4.70. The van der Waals surface area contributed by atoms with E-state index in [0.29, 0.717) is 12.6 Å². The van der Waals surface area contributed by atoms with Crippen LogP contribution in [0, 0.1) is 0 Å². The van der Waals surface area contributed by atoms with Crippen LogP contribution in [0.15, 0.2) is 24.3 Å². The van der Waals surface area contributed by atoms with Gasteiger partial charge in [-0.3, -0.25) is 0 Å². The minimum atomic E-state index is 0.298. The van der Waals surface area contributed by atoms with Gasteiger partial charge in [0.05, 0.1) is 19.2 Å². The Labute approximate surface area is 162 Å². The van der Waals surface area contributed by atoms with E-state index in [9.17, 15) is 0 Å². The second-order valence-electron chi connectivity index (χ2n) is 7.19. The number of nitrogens with zero attached hydrogens (tertiary/aromatic N) is 3. The minimum Gasteiger partial charge on any atom is -0.497 e. The molecule has 1 aliphatic rings. The fourth-order valence-electron chi connectivity index (χ4n) is 3.58. The predicted octanol–water partition coefficient (Wildman–Crippen LogP) is 2.51. The van der Waals surface area contributed by atoms with Gasteiger partial charge < -0.3 is 24.6 Å². The third-order valence-corrected chi connectivity index (χ3v) is 5.26. The van der Waals surface area contributed by atoms with Crippen LogP contribution in [-0.4, -0.2) is 69.5 Å². The number of fused-ring (bicyclic) bond motifs is 1. The van der Waals surface area contributed by atoms with Crippen LogP contribution in [0.5, 0.6) is 5.75 Å². The summed E-state index contributed by atoms with van der Waals surface area (Å²) < 4.78 is 10.6. The van der Waals surface area contributed by atoms with Crippen molar-refractivity contribution in [3.05, 3.63) is 29.8 Å². The summed E-state index contributed by atoms with van der Waals surface area (Å²) in [6.45, 7) is 11.1. The Morgan fingerprint density at radius 2 is 1.93 bits per heavy atom. The third kappa shape index (κ3) is 4.89. The Bertz CT molecular complexity index is 744. The van der Waals surface area contributed by atoms with Crippen LogP contribution in [0.1, 0.15) is 19.4 Å². The number of hydrogen-bond acceptors (Lipinski definition) is 6. The monoisotopic (exact) mass is 372 g/mol. The van der Waals surface area contributed by atoms with Crippen molar-refractivity contribution in [1.29, 1.82) is 0 Å². The number of benzene rings is 1. The van der Waals surface area contributed by atoms with Gasteiger partial charge in [-0.05, 0) is 31.7 Å². The number of nitrogens with one attached hydrogen (secondary N) is 1. The Kier molecular flexibility index (Phi) is 6.88. The first-order valence-corrected chi connectivity index (χ1v) is 9.82. The molecule has 0 spiro atoms. The SMILES string of the molecule is CCN1CCN(c2nc3cc(OC)ccc3cc2CN[C@@H](C)COC)CC1. The van der Waals surface area contributed by atoms with E-state index in [4.69, 9.17) is 14.5 Å². The number of piperazine rings is 1. The number of ether oxygens (including phenoxy) is 2. The van der Waals surface area contributed by atoms with E-state index < -0.39 is 0 Å². The lowest BCUT2D eigenvalue weighted by molar-refractivity contribution is 0.171. The van der Waals surface area contributed by atoms with E-state index in [0.717, 1.165) is 61.7 Å². The normalized spacial score (nSPS) is 16.7. The lowest BCUT2D eigenvalue weighted by Gasteiger charge is -2.36. The van der Waals surface area contributed by atoms with Crippen LogP contribution in [-0.2, 0) is 11.3 Å². The van der Waals surface area contributed by atoms with Crippen LogP contribution in [0.2, 0.25) is 0 Å². The third-order valence-electron chi connectivity index (χ3n) is 5.26. The molecule has 0 saturated carbocycles. The average molecular weight is 373 g/mol. The van der Waals surface area contributed by atoms with Crippen molar-refractivity contribution in [1.82, 2.24) is 15.2 Å². The van der Waals surface area contributed by atoms with Gasteiger partial charge in [0, 0.05) is 62.9 Å². The number of rotatable bonds is 8. The molecular formula is C21H32N4O2. The minimum absolute atomic E-state index is 0.298. The highest BCUT2D eigenvalue weighted by Gasteiger charge is 2.20. The highest BCUT2D eigenvalue weighted by atomic mass is 16.5. The summed E-state index contributed by atoms with van der Waals surface area (Å²) in [5.74, 6) is 1.93. The first-order valence-electron chi connectivity index (χ1n) is 9.82. The Balaban J connectivity index is 1.90. The van der Waals surface area contributed by atoms with Gasteiger partial charge in [-0.25, -0.2) is 4.98 Å². The van der Waals surface area contributed by atoms with Crippen LogP contribution >= 0.6 is 0 Å². The summed E-state index contributed by atoms with van der Waals surface area (Å²) in [6.07, 6.45) is 0. The molecule has 3 rings (SSSR count). The molecule has 0 unspecified atom stereocenters. The van der Waals surface area contributed by atoms with Crippen LogP contribution in [0.4, 0.5) is 5.82 Å². The molecular weight excluding hydrogens is 340 g/mol. The average Bonchev–Trinajstić information content (AvgIpc) is 2.71. The van der Waals surface area contributed by atoms with E-state index in [1.807, 2.05) is 12.1 Å². The molecule has 1 saturated heterocycles. The molecule has 0 amide bonds. The largest absolute Gasteiger partial charge is 0.497 e. The summed E-state index contributed by atoms with van der Waals surface area (Å²) in [7, 11) is 3.43. The zero-order valence-electron chi connectivity index (χ0n) is 17.0. The van der Waals surface area contributed by atoms with Gasteiger partial charge in [0.1, 0.15) is 11.6 Å². The lowest BCUT2D eigenvalue weighted by atomic mass is 10.1. The smallest absolute Gasteiger partial charge is 0.133 e. The first kappa shape index (κ1) is 19.9. The number of aromatic nitrogens is 1. The quantitative estimate of drug-likeness (QED) is 0.768. The van der Waals surface area contributed by atoms with Crippen LogP contribution < -0.4 is 15.0 Å². The molecule has 0 radical (unpaired) electrons. The van der Waals surface area contributed by atoms with E-state index in [-0.39, 0.29) is 0 Å². The number of methoxy groups -OCH3 is 2. The van der Waals surface area contributed by atoms with Crippen molar-refractivity contribution in [3.63, 3.8) is 0 Å². The van der Waals surface area contributed by atoms with E-state index >= 15 is 0 Å². The fourth-order valence-corrected chi connectivity index (χ4v) is 3.58. The molecule has 6 nitrogen and oxygen atoms in total. The maximum absolute atomic E-state index is 5.39. The lowest BCUT2D eigenvalue weighted by Crippen LogP contribution is -2.47. The molecule has 1 aliphatic heterocycles. The van der Waals surface area contributed by atoms with Gasteiger partial charge >= 0.3 is 0 Å². The molecule has 0 bridgehead atoms. The zero-order valence-corrected chi connectivity index (χ0v) is 17.0. The van der Waals surface area contributed by atoms with E-state index in [1.165, 1.54) is 5.56 Å². The molecule has 2 aromatic rings. The number of pyridine rings is 1. The molecule has 1 aromatic carbocycles. The summed E-state index contributed by atoms with van der Waals surface area (Å²) in [4.78, 5) is 9.94. The predicted molar refractivity (Wildman–Crippen MR) is 111 cm³/mol. The van der Waals surface area contributed by atoms with Gasteiger partial charge in [0.25, 0.3) is 0 Å². The first-order chi connectivity index (χ1) is 13.1. The maximum Gasteiger partial charge on any atom is 0.133 e. The van der Waals surface area contributed by atoms with Gasteiger partial charge in [-0.1, -0.05) is 6.92 Å². The van der Waals surface area contributed by atoms with Crippen molar-refractivity contribution < 1.29 is 9.47 Å². The van der Waals surface area contributed by atoms with Crippen molar-refractivity contribution in [2.45, 2.75) is 26.4 Å².